The largest absolute Gasteiger partial charge is 0.466 e. The van der Waals surface area contributed by atoms with Crippen LogP contribution in [0.1, 0.15) is 19.3 Å². The van der Waals surface area contributed by atoms with E-state index in [0.717, 1.165) is 19.4 Å². The number of carbonyl (C=O) groups excluding carboxylic acids is 1. The second-order valence-electron chi connectivity index (χ2n) is 4.38. The molecule has 0 unspecified atom stereocenters. The highest BCUT2D eigenvalue weighted by atomic mass is 16.6. The molecule has 2 aliphatic heterocycles. The Morgan fingerprint density at radius 1 is 1.47 bits per heavy atom. The maximum absolute atomic E-state index is 11.0. The lowest BCUT2D eigenvalue weighted by molar-refractivity contribution is -0.188. The Bertz CT molecular complexity index is 301. The van der Waals surface area contributed by atoms with E-state index in [4.69, 9.17) is 9.47 Å². The predicted octanol–water partition coefficient (Wildman–Crippen LogP) is 0.413. The summed E-state index contributed by atoms with van der Waals surface area (Å²) in [6.07, 6.45) is 4.26. The second-order valence-corrected chi connectivity index (χ2v) is 4.38. The molecule has 0 saturated carbocycles. The number of ether oxygens (including phenoxy) is 3. The number of rotatable bonds is 2. The third-order valence-electron chi connectivity index (χ3n) is 3.19. The Morgan fingerprint density at radius 2 is 2.29 bits per heavy atom. The number of hydrogen-bond acceptors (Lipinski definition) is 5. The Morgan fingerprint density at radius 3 is 3.06 bits per heavy atom. The van der Waals surface area contributed by atoms with Crippen molar-refractivity contribution in [3.05, 3.63) is 12.2 Å². The second kappa shape index (κ2) is 5.62. The van der Waals surface area contributed by atoms with Gasteiger partial charge < -0.3 is 19.3 Å². The molecule has 0 spiro atoms. The molecule has 96 valence electrons. The summed E-state index contributed by atoms with van der Waals surface area (Å²) in [7, 11) is 1.32. The first-order valence-electron chi connectivity index (χ1n) is 5.92. The summed E-state index contributed by atoms with van der Waals surface area (Å²) in [6, 6.07) is 0. The van der Waals surface area contributed by atoms with Crippen molar-refractivity contribution in [3.63, 3.8) is 0 Å². The number of carbonyl (C=O) groups is 1. The van der Waals surface area contributed by atoms with Gasteiger partial charge in [-0.25, -0.2) is 4.79 Å². The SMILES string of the molecule is COC(=O)/C=C/[C@H]1O[C@H]2CCCO[C@@H]2C[C@H]1O. The topological polar surface area (TPSA) is 65.0 Å². The van der Waals surface area contributed by atoms with Gasteiger partial charge in [0.1, 0.15) is 6.10 Å². The van der Waals surface area contributed by atoms with E-state index in [2.05, 4.69) is 4.74 Å². The van der Waals surface area contributed by atoms with Gasteiger partial charge in [-0.15, -0.1) is 0 Å². The fraction of sp³-hybridized carbons (Fsp3) is 0.750. The lowest BCUT2D eigenvalue weighted by Gasteiger charge is -2.40. The van der Waals surface area contributed by atoms with Gasteiger partial charge in [-0.3, -0.25) is 0 Å². The van der Waals surface area contributed by atoms with Crippen LogP contribution in [0.3, 0.4) is 0 Å². The minimum Gasteiger partial charge on any atom is -0.466 e. The first-order valence-corrected chi connectivity index (χ1v) is 5.92. The Kier molecular flexibility index (Phi) is 4.15. The predicted molar refractivity (Wildman–Crippen MR) is 59.4 cm³/mol. The van der Waals surface area contributed by atoms with Gasteiger partial charge in [-0.2, -0.15) is 0 Å². The zero-order valence-electron chi connectivity index (χ0n) is 9.87. The van der Waals surface area contributed by atoms with Crippen LogP contribution in [-0.4, -0.2) is 49.2 Å². The van der Waals surface area contributed by atoms with E-state index in [9.17, 15) is 9.90 Å². The fourth-order valence-electron chi connectivity index (χ4n) is 2.27. The quantitative estimate of drug-likeness (QED) is 0.561. The molecular weight excluding hydrogens is 224 g/mol. The highest BCUT2D eigenvalue weighted by Crippen LogP contribution is 2.29. The standard InChI is InChI=1S/C12H18O5/c1-15-12(14)5-4-9-8(13)7-11-10(17-9)3-2-6-16-11/h4-5,8-11,13H,2-3,6-7H2,1H3/b5-4+/t8-,9-,10+,11-/m1/s1. The number of aliphatic hydroxyl groups is 1. The van der Waals surface area contributed by atoms with Crippen LogP contribution in [0.15, 0.2) is 12.2 Å². The molecule has 0 radical (unpaired) electrons. The number of hydrogen-bond donors (Lipinski definition) is 1. The molecule has 1 N–H and O–H groups in total. The molecule has 5 heteroatoms. The minimum atomic E-state index is -0.629. The maximum atomic E-state index is 11.0. The van der Waals surface area contributed by atoms with Gasteiger partial charge in [-0.1, -0.05) is 0 Å². The third kappa shape index (κ3) is 3.06. The molecule has 0 aromatic rings. The van der Waals surface area contributed by atoms with Crippen molar-refractivity contribution < 1.29 is 24.1 Å². The summed E-state index contributed by atoms with van der Waals surface area (Å²) in [4.78, 5) is 11.0. The number of esters is 1. The van der Waals surface area contributed by atoms with E-state index in [1.54, 1.807) is 6.08 Å². The zero-order valence-corrected chi connectivity index (χ0v) is 9.87. The summed E-state index contributed by atoms with van der Waals surface area (Å²) in [6.45, 7) is 0.736. The minimum absolute atomic E-state index is 0.0125. The van der Waals surface area contributed by atoms with Crippen LogP contribution in [0.5, 0.6) is 0 Å². The van der Waals surface area contributed by atoms with E-state index in [1.807, 2.05) is 0 Å². The highest BCUT2D eigenvalue weighted by molar-refractivity contribution is 5.81. The summed E-state index contributed by atoms with van der Waals surface area (Å²) < 4.78 is 15.8. The van der Waals surface area contributed by atoms with E-state index in [0.29, 0.717) is 6.42 Å². The summed E-state index contributed by atoms with van der Waals surface area (Å²) >= 11 is 0. The molecule has 0 aliphatic carbocycles. The van der Waals surface area contributed by atoms with Crippen molar-refractivity contribution in [1.82, 2.24) is 0 Å². The van der Waals surface area contributed by atoms with Crippen molar-refractivity contribution in [2.24, 2.45) is 0 Å². The molecule has 2 saturated heterocycles. The summed E-state index contributed by atoms with van der Waals surface area (Å²) in [5, 5.41) is 9.89. The average Bonchev–Trinajstić information content (AvgIpc) is 2.35. The van der Waals surface area contributed by atoms with E-state index in [1.165, 1.54) is 13.2 Å². The van der Waals surface area contributed by atoms with Crippen LogP contribution in [0, 0.1) is 0 Å². The van der Waals surface area contributed by atoms with Gasteiger partial charge in [-0.05, 0) is 18.9 Å². The smallest absolute Gasteiger partial charge is 0.330 e. The third-order valence-corrected chi connectivity index (χ3v) is 3.19. The van der Waals surface area contributed by atoms with Crippen molar-refractivity contribution in [3.8, 4) is 0 Å². The average molecular weight is 242 g/mol. The molecule has 0 bridgehead atoms. The zero-order chi connectivity index (χ0) is 12.3. The molecule has 0 aromatic carbocycles. The van der Waals surface area contributed by atoms with Gasteiger partial charge in [0.25, 0.3) is 0 Å². The van der Waals surface area contributed by atoms with E-state index >= 15 is 0 Å². The van der Waals surface area contributed by atoms with Crippen LogP contribution in [0.25, 0.3) is 0 Å². The van der Waals surface area contributed by atoms with Crippen molar-refractivity contribution in [2.45, 2.75) is 43.7 Å². The maximum Gasteiger partial charge on any atom is 0.330 e. The van der Waals surface area contributed by atoms with Crippen LogP contribution >= 0.6 is 0 Å². The highest BCUT2D eigenvalue weighted by Gasteiger charge is 2.38. The van der Waals surface area contributed by atoms with Crippen molar-refractivity contribution in [2.75, 3.05) is 13.7 Å². The lowest BCUT2D eigenvalue weighted by Crippen LogP contribution is -2.49. The lowest BCUT2D eigenvalue weighted by atomic mass is 9.93. The number of methoxy groups -OCH3 is 1. The molecular formula is C12H18O5. The Balaban J connectivity index is 1.94. The van der Waals surface area contributed by atoms with Gasteiger partial charge in [0, 0.05) is 19.1 Å². The Hall–Kier alpha value is -0.910. The number of aliphatic hydroxyl groups excluding tert-OH is 1. The van der Waals surface area contributed by atoms with Crippen LogP contribution in [0.2, 0.25) is 0 Å². The molecule has 0 aromatic heterocycles. The van der Waals surface area contributed by atoms with Crippen molar-refractivity contribution in [1.29, 1.82) is 0 Å². The van der Waals surface area contributed by atoms with Gasteiger partial charge >= 0.3 is 5.97 Å². The normalized spacial score (nSPS) is 37.8. The van der Waals surface area contributed by atoms with Gasteiger partial charge in [0.2, 0.25) is 0 Å². The molecule has 2 aliphatic rings. The monoisotopic (exact) mass is 242 g/mol. The number of fused-ring (bicyclic) bond motifs is 1. The van der Waals surface area contributed by atoms with E-state index < -0.39 is 18.2 Å². The molecule has 4 atom stereocenters. The summed E-state index contributed by atoms with van der Waals surface area (Å²) in [5.74, 6) is -0.442. The molecule has 5 nitrogen and oxygen atoms in total. The van der Waals surface area contributed by atoms with Crippen LogP contribution in [-0.2, 0) is 19.0 Å². The Labute approximate surface area is 100 Å². The first-order chi connectivity index (χ1) is 8.20. The molecule has 2 heterocycles. The van der Waals surface area contributed by atoms with Gasteiger partial charge in [0.05, 0.1) is 25.4 Å². The molecule has 0 amide bonds. The van der Waals surface area contributed by atoms with E-state index in [-0.39, 0.29) is 12.2 Å². The molecule has 2 rings (SSSR count). The van der Waals surface area contributed by atoms with Crippen molar-refractivity contribution >= 4 is 5.97 Å². The van der Waals surface area contributed by atoms with Gasteiger partial charge in [0.15, 0.2) is 0 Å². The first kappa shape index (κ1) is 12.5. The molecule has 17 heavy (non-hydrogen) atoms. The van der Waals surface area contributed by atoms with Crippen LogP contribution in [0.4, 0.5) is 0 Å². The molecule has 2 fully saturated rings. The van der Waals surface area contributed by atoms with Crippen LogP contribution < -0.4 is 0 Å². The fourth-order valence-corrected chi connectivity index (χ4v) is 2.27. The summed E-state index contributed by atoms with van der Waals surface area (Å²) in [5.41, 5.74) is 0.